The highest BCUT2D eigenvalue weighted by Crippen LogP contribution is 2.49. The predicted octanol–water partition coefficient (Wildman–Crippen LogP) is 3.55. The Kier molecular flexibility index (Phi) is 8.18. The van der Waals surface area contributed by atoms with Crippen LogP contribution in [0.5, 0.6) is 0 Å². The SMILES string of the molecule is CC12C=C3C(=O)N([Si](c4ccccc4)(c4ccccc4)c4ccccc4)C(=O)C3=CC1C(=O)N([Si](c1ccccc1)(c1ccccc1)c1ccccc1)C2=O. The summed E-state index contributed by atoms with van der Waals surface area (Å²) in [4.78, 5) is 61.1. The molecule has 3 aliphatic rings. The molecule has 4 amide bonds. The van der Waals surface area contributed by atoms with Crippen LogP contribution in [-0.2, 0) is 19.2 Å². The number of amides is 4. The van der Waals surface area contributed by atoms with E-state index in [2.05, 4.69) is 0 Å². The lowest BCUT2D eigenvalue weighted by atomic mass is 9.72. The average Bonchev–Trinajstić information content (AvgIpc) is 3.60. The Balaban J connectivity index is 1.25. The molecule has 2 aliphatic heterocycles. The van der Waals surface area contributed by atoms with E-state index in [0.717, 1.165) is 31.1 Å². The van der Waals surface area contributed by atoms with E-state index in [9.17, 15) is 0 Å². The molecule has 0 aromatic heterocycles. The second-order valence-corrected chi connectivity index (χ2v) is 21.6. The topological polar surface area (TPSA) is 74.8 Å². The van der Waals surface area contributed by atoms with E-state index >= 15 is 19.2 Å². The number of carbonyl (C=O) groups excluding carboxylic acids is 4. The fourth-order valence-electron chi connectivity index (χ4n) is 9.07. The van der Waals surface area contributed by atoms with E-state index in [0.29, 0.717) is 0 Å². The maximum absolute atomic E-state index is 15.4. The number of nitrogens with zero attached hydrogens (tertiary/aromatic N) is 2. The zero-order valence-corrected chi connectivity index (χ0v) is 32.1. The highest BCUT2D eigenvalue weighted by Gasteiger charge is 2.66. The Labute approximate surface area is 321 Å². The maximum atomic E-state index is 15.4. The van der Waals surface area contributed by atoms with Gasteiger partial charge in [-0.2, -0.15) is 0 Å². The van der Waals surface area contributed by atoms with E-state index < -0.39 is 39.6 Å². The van der Waals surface area contributed by atoms with Gasteiger partial charge in [-0.25, -0.2) is 0 Å². The lowest BCUT2D eigenvalue weighted by molar-refractivity contribution is -0.135. The number of rotatable bonds is 8. The highest BCUT2D eigenvalue weighted by atomic mass is 28.3. The van der Waals surface area contributed by atoms with Crippen LogP contribution in [0.2, 0.25) is 0 Å². The molecule has 0 bridgehead atoms. The fourth-order valence-corrected chi connectivity index (χ4v) is 18.5. The first kappa shape index (κ1) is 34.3. The number of hydrogen-bond acceptors (Lipinski definition) is 4. The van der Waals surface area contributed by atoms with Gasteiger partial charge < -0.3 is 0 Å². The van der Waals surface area contributed by atoms with E-state index in [1.165, 1.54) is 9.13 Å². The molecule has 6 nitrogen and oxygen atoms in total. The molecule has 266 valence electrons. The Morgan fingerprint density at radius 2 is 0.709 bits per heavy atom. The van der Waals surface area contributed by atoms with Gasteiger partial charge in [0.25, 0.3) is 28.3 Å². The summed E-state index contributed by atoms with van der Waals surface area (Å²) < 4.78 is 3.00. The molecular formula is C47H36N2O4Si2. The van der Waals surface area contributed by atoms with Crippen molar-refractivity contribution in [1.29, 1.82) is 0 Å². The Hall–Kier alpha value is -6.49. The van der Waals surface area contributed by atoms with Gasteiger partial charge in [-0.15, -0.1) is 0 Å². The second-order valence-electron chi connectivity index (χ2n) is 14.4. The summed E-state index contributed by atoms with van der Waals surface area (Å²) in [6.07, 6.45) is 3.25. The number of benzene rings is 6. The molecule has 6 aromatic carbocycles. The summed E-state index contributed by atoms with van der Waals surface area (Å²) in [5.74, 6) is -2.69. The van der Waals surface area contributed by atoms with Gasteiger partial charge in [0.15, 0.2) is 0 Å². The van der Waals surface area contributed by atoms with Gasteiger partial charge in [0, 0.05) is 11.1 Å². The van der Waals surface area contributed by atoms with Crippen molar-refractivity contribution >= 4 is 71.2 Å². The van der Waals surface area contributed by atoms with Gasteiger partial charge in [0.05, 0.1) is 11.3 Å². The van der Waals surface area contributed by atoms with Gasteiger partial charge in [0.1, 0.15) is 0 Å². The first-order valence-corrected chi connectivity index (χ1v) is 22.3. The number of hydrogen-bond donors (Lipinski definition) is 0. The van der Waals surface area contributed by atoms with Gasteiger partial charge in [0.2, 0.25) is 11.8 Å². The Bertz CT molecular complexity index is 2340. The fraction of sp³-hybridized carbons (Fsp3) is 0.0638. The number of carbonyl (C=O) groups is 4. The van der Waals surface area contributed by atoms with Crippen molar-refractivity contribution in [2.24, 2.45) is 11.3 Å². The van der Waals surface area contributed by atoms with E-state index in [4.69, 9.17) is 0 Å². The molecule has 9 rings (SSSR count). The van der Waals surface area contributed by atoms with Crippen LogP contribution in [0.15, 0.2) is 205 Å². The van der Waals surface area contributed by atoms with Crippen molar-refractivity contribution in [3.05, 3.63) is 205 Å². The molecule has 0 saturated carbocycles. The monoisotopic (exact) mass is 748 g/mol. The van der Waals surface area contributed by atoms with Gasteiger partial charge in [-0.3, -0.25) is 28.3 Å². The summed E-state index contributed by atoms with van der Waals surface area (Å²) in [6.45, 7) is 1.75. The molecule has 2 fully saturated rings. The molecule has 1 aliphatic carbocycles. The molecule has 2 saturated heterocycles. The van der Waals surface area contributed by atoms with Crippen LogP contribution >= 0.6 is 0 Å². The summed E-state index contributed by atoms with van der Waals surface area (Å²) >= 11 is 0. The van der Waals surface area contributed by atoms with Crippen LogP contribution in [0, 0.1) is 11.3 Å². The Morgan fingerprint density at radius 3 is 1.04 bits per heavy atom. The third-order valence-corrected chi connectivity index (χ3v) is 20.7. The molecule has 6 aromatic rings. The van der Waals surface area contributed by atoms with Gasteiger partial charge >= 0.3 is 0 Å². The molecule has 2 heterocycles. The number of fused-ring (bicyclic) bond motifs is 2. The van der Waals surface area contributed by atoms with Crippen LogP contribution in [0.3, 0.4) is 0 Å². The quantitative estimate of drug-likeness (QED) is 0.136. The standard InChI is InChI=1S/C47H36N2O4Si2/c1-47-33-41-40(43(50)48(44(41)51)54(34-20-8-2-9-21-34,35-22-10-3-11-23-35)36-24-12-4-13-25-36)32-42(47)45(52)49(46(47)53)55(37-26-14-5-15-27-37,38-28-16-6-17-29-38)39-30-18-7-19-31-39/h2-33,42H,1H3. The largest absolute Gasteiger partial charge is 0.297 e. The minimum absolute atomic E-state index is 0.165. The number of imide groups is 2. The van der Waals surface area contributed by atoms with Crippen molar-refractivity contribution in [1.82, 2.24) is 9.13 Å². The van der Waals surface area contributed by atoms with Crippen molar-refractivity contribution in [2.45, 2.75) is 6.92 Å². The van der Waals surface area contributed by atoms with Crippen LogP contribution in [0.1, 0.15) is 6.92 Å². The van der Waals surface area contributed by atoms with Crippen LogP contribution in [0.25, 0.3) is 0 Å². The lowest BCUT2D eigenvalue weighted by Gasteiger charge is -2.40. The van der Waals surface area contributed by atoms with Crippen LogP contribution in [0.4, 0.5) is 0 Å². The third-order valence-electron chi connectivity index (χ3n) is 11.6. The smallest absolute Gasteiger partial charge is 0.264 e. The minimum Gasteiger partial charge on any atom is -0.297 e. The van der Waals surface area contributed by atoms with Crippen LogP contribution in [-0.4, -0.2) is 49.2 Å². The summed E-state index contributed by atoms with van der Waals surface area (Å²) in [7, 11) is -7.19. The van der Waals surface area contributed by atoms with Crippen molar-refractivity contribution < 1.29 is 19.2 Å². The maximum Gasteiger partial charge on any atom is 0.264 e. The molecule has 55 heavy (non-hydrogen) atoms. The minimum atomic E-state index is -3.60. The molecular weight excluding hydrogens is 713 g/mol. The van der Waals surface area contributed by atoms with E-state index in [1.54, 1.807) is 19.1 Å². The molecule has 0 radical (unpaired) electrons. The molecule has 0 spiro atoms. The van der Waals surface area contributed by atoms with Gasteiger partial charge in [-0.05, 0) is 38.0 Å². The van der Waals surface area contributed by atoms with Gasteiger partial charge in [-0.1, -0.05) is 194 Å². The zero-order valence-electron chi connectivity index (χ0n) is 30.1. The lowest BCUT2D eigenvalue weighted by Crippen LogP contribution is -2.78. The molecule has 0 N–H and O–H groups in total. The molecule has 2 atom stereocenters. The summed E-state index contributed by atoms with van der Waals surface area (Å²) in [5.41, 5.74) is -1.09. The molecule has 8 heteroatoms. The summed E-state index contributed by atoms with van der Waals surface area (Å²) in [5, 5.41) is 5.22. The van der Waals surface area contributed by atoms with Crippen LogP contribution < -0.4 is 31.1 Å². The van der Waals surface area contributed by atoms with E-state index in [-0.39, 0.29) is 23.0 Å². The third kappa shape index (κ3) is 4.85. The average molecular weight is 749 g/mol. The Morgan fingerprint density at radius 1 is 0.418 bits per heavy atom. The van der Waals surface area contributed by atoms with E-state index in [1.807, 2.05) is 182 Å². The van der Waals surface area contributed by atoms with Crippen molar-refractivity contribution in [3.63, 3.8) is 0 Å². The highest BCUT2D eigenvalue weighted by molar-refractivity contribution is 7.13. The predicted molar refractivity (Wildman–Crippen MR) is 219 cm³/mol. The van der Waals surface area contributed by atoms with Crippen molar-refractivity contribution in [2.75, 3.05) is 0 Å². The van der Waals surface area contributed by atoms with Crippen molar-refractivity contribution in [3.8, 4) is 0 Å². The molecule has 2 unspecified atom stereocenters. The summed E-state index contributed by atoms with van der Waals surface area (Å²) in [6, 6.07) is 58.6. The first-order valence-electron chi connectivity index (χ1n) is 18.4. The normalized spacial score (nSPS) is 19.5. The first-order chi connectivity index (χ1) is 26.8. The second kappa shape index (κ2) is 13.1. The zero-order chi connectivity index (χ0) is 37.8.